The molecule has 1 aromatic rings. The van der Waals surface area contributed by atoms with Crippen molar-refractivity contribution >= 4 is 27.3 Å². The SMILES string of the molecule is CCC(C)(CCO)NS(=O)(=O)c1scnc1C(=O)O. The molecule has 7 nitrogen and oxygen atoms in total. The fourth-order valence-electron chi connectivity index (χ4n) is 1.49. The van der Waals surface area contributed by atoms with Crippen LogP contribution in [0.4, 0.5) is 0 Å². The van der Waals surface area contributed by atoms with E-state index in [0.717, 1.165) is 11.3 Å². The van der Waals surface area contributed by atoms with Gasteiger partial charge < -0.3 is 10.2 Å². The fourth-order valence-corrected chi connectivity index (χ4v) is 4.13. The standard InChI is InChI=1S/C10H16N2O5S2/c1-3-10(2,4-5-13)12-19(16,17)9-7(8(14)15)11-6-18-9/h6,12-13H,3-5H2,1-2H3,(H,14,15). The Morgan fingerprint density at radius 2 is 2.21 bits per heavy atom. The monoisotopic (exact) mass is 308 g/mol. The molecule has 1 aromatic heterocycles. The molecule has 108 valence electrons. The highest BCUT2D eigenvalue weighted by atomic mass is 32.2. The number of sulfonamides is 1. The van der Waals surface area contributed by atoms with E-state index in [4.69, 9.17) is 10.2 Å². The Balaban J connectivity index is 3.11. The van der Waals surface area contributed by atoms with Gasteiger partial charge in [0, 0.05) is 12.1 Å². The molecule has 0 spiro atoms. The zero-order valence-electron chi connectivity index (χ0n) is 10.6. The number of hydrogen-bond acceptors (Lipinski definition) is 6. The van der Waals surface area contributed by atoms with Crippen LogP contribution in [0.15, 0.2) is 9.72 Å². The first-order chi connectivity index (χ1) is 8.75. The van der Waals surface area contributed by atoms with E-state index in [1.807, 2.05) is 0 Å². The van der Waals surface area contributed by atoms with Gasteiger partial charge in [-0.2, -0.15) is 0 Å². The lowest BCUT2D eigenvalue weighted by atomic mass is 9.97. The van der Waals surface area contributed by atoms with Gasteiger partial charge in [0.1, 0.15) is 0 Å². The number of aliphatic hydroxyl groups is 1. The van der Waals surface area contributed by atoms with Crippen molar-refractivity contribution in [2.75, 3.05) is 6.61 Å². The first-order valence-corrected chi connectivity index (χ1v) is 7.93. The van der Waals surface area contributed by atoms with Crippen LogP contribution >= 0.6 is 11.3 Å². The molecule has 19 heavy (non-hydrogen) atoms. The van der Waals surface area contributed by atoms with Crippen molar-refractivity contribution in [1.29, 1.82) is 0 Å². The first kappa shape index (κ1) is 16.0. The lowest BCUT2D eigenvalue weighted by Gasteiger charge is -2.28. The Hall–Kier alpha value is -1.03. The van der Waals surface area contributed by atoms with Crippen LogP contribution in [-0.4, -0.2) is 41.7 Å². The van der Waals surface area contributed by atoms with E-state index in [1.54, 1.807) is 13.8 Å². The molecule has 0 aliphatic heterocycles. The van der Waals surface area contributed by atoms with E-state index in [0.29, 0.717) is 6.42 Å². The number of nitrogens with zero attached hydrogens (tertiary/aromatic N) is 1. The minimum atomic E-state index is -3.97. The Labute approximate surface area is 115 Å². The number of carbonyl (C=O) groups is 1. The van der Waals surface area contributed by atoms with Gasteiger partial charge in [-0.3, -0.25) is 0 Å². The second-order valence-corrected chi connectivity index (χ2v) is 7.02. The van der Waals surface area contributed by atoms with Crippen molar-refractivity contribution in [3.8, 4) is 0 Å². The summed E-state index contributed by atoms with van der Waals surface area (Å²) in [4.78, 5) is 14.4. The van der Waals surface area contributed by atoms with Gasteiger partial charge in [0.2, 0.25) is 0 Å². The van der Waals surface area contributed by atoms with Crippen LogP contribution in [0, 0.1) is 0 Å². The molecule has 3 N–H and O–H groups in total. The smallest absolute Gasteiger partial charge is 0.356 e. The van der Waals surface area contributed by atoms with E-state index in [-0.39, 0.29) is 17.2 Å². The van der Waals surface area contributed by atoms with Crippen LogP contribution in [0.3, 0.4) is 0 Å². The van der Waals surface area contributed by atoms with Crippen LogP contribution in [0.25, 0.3) is 0 Å². The van der Waals surface area contributed by atoms with Crippen molar-refractivity contribution in [2.45, 2.75) is 36.4 Å². The number of rotatable bonds is 7. The van der Waals surface area contributed by atoms with Gasteiger partial charge in [0.15, 0.2) is 9.90 Å². The van der Waals surface area contributed by atoms with Crippen molar-refractivity contribution < 1.29 is 23.4 Å². The first-order valence-electron chi connectivity index (χ1n) is 5.57. The minimum absolute atomic E-state index is 0.165. The molecular weight excluding hydrogens is 292 g/mol. The molecule has 0 saturated carbocycles. The fraction of sp³-hybridized carbons (Fsp3) is 0.600. The maximum absolute atomic E-state index is 12.2. The Morgan fingerprint density at radius 1 is 1.58 bits per heavy atom. The second-order valence-electron chi connectivity index (χ2n) is 4.29. The van der Waals surface area contributed by atoms with Crippen LogP contribution in [-0.2, 0) is 10.0 Å². The third-order valence-electron chi connectivity index (χ3n) is 2.81. The summed E-state index contributed by atoms with van der Waals surface area (Å²) >= 11 is 0.749. The van der Waals surface area contributed by atoms with Crippen LogP contribution in [0.2, 0.25) is 0 Å². The van der Waals surface area contributed by atoms with E-state index in [1.165, 1.54) is 5.51 Å². The molecule has 0 aliphatic rings. The average molecular weight is 308 g/mol. The molecular formula is C10H16N2O5S2. The molecule has 1 atom stereocenters. The molecule has 0 bridgehead atoms. The number of thiazole rings is 1. The molecule has 1 unspecified atom stereocenters. The van der Waals surface area contributed by atoms with Crippen molar-refractivity contribution in [2.24, 2.45) is 0 Å². The van der Waals surface area contributed by atoms with Crippen molar-refractivity contribution in [3.05, 3.63) is 11.2 Å². The summed E-state index contributed by atoms with van der Waals surface area (Å²) < 4.78 is 26.5. The van der Waals surface area contributed by atoms with Crippen LogP contribution in [0.5, 0.6) is 0 Å². The summed E-state index contributed by atoms with van der Waals surface area (Å²) in [6, 6.07) is 0. The average Bonchev–Trinajstić information content (AvgIpc) is 2.78. The molecule has 0 fully saturated rings. The molecule has 0 aliphatic carbocycles. The highest BCUT2D eigenvalue weighted by Gasteiger charge is 2.32. The number of nitrogens with one attached hydrogen (secondary N) is 1. The molecule has 9 heteroatoms. The summed E-state index contributed by atoms with van der Waals surface area (Å²) in [5.74, 6) is -1.39. The summed E-state index contributed by atoms with van der Waals surface area (Å²) in [6.45, 7) is 3.27. The maximum Gasteiger partial charge on any atom is 0.356 e. The molecule has 0 aromatic carbocycles. The third kappa shape index (κ3) is 3.72. The van der Waals surface area contributed by atoms with Crippen molar-refractivity contribution in [1.82, 2.24) is 9.71 Å². The van der Waals surface area contributed by atoms with Gasteiger partial charge in [-0.25, -0.2) is 22.9 Å². The molecule has 1 heterocycles. The summed E-state index contributed by atoms with van der Waals surface area (Å²) in [5.41, 5.74) is -0.138. The molecule has 1 rings (SSSR count). The van der Waals surface area contributed by atoms with E-state index in [2.05, 4.69) is 9.71 Å². The quantitative estimate of drug-likeness (QED) is 0.681. The maximum atomic E-state index is 12.2. The number of hydrogen-bond donors (Lipinski definition) is 3. The number of aromatic nitrogens is 1. The van der Waals surface area contributed by atoms with Gasteiger partial charge in [-0.05, 0) is 19.8 Å². The largest absolute Gasteiger partial charge is 0.476 e. The summed E-state index contributed by atoms with van der Waals surface area (Å²) in [7, 11) is -3.97. The lowest BCUT2D eigenvalue weighted by Crippen LogP contribution is -2.46. The summed E-state index contributed by atoms with van der Waals surface area (Å²) in [5, 5.41) is 17.9. The van der Waals surface area contributed by atoms with Gasteiger partial charge in [-0.1, -0.05) is 6.92 Å². The predicted octanol–water partition coefficient (Wildman–Crippen LogP) is 0.671. The highest BCUT2D eigenvalue weighted by Crippen LogP contribution is 2.24. The zero-order valence-corrected chi connectivity index (χ0v) is 12.2. The normalized spacial score (nSPS) is 15.1. The topological polar surface area (TPSA) is 117 Å². The molecule has 0 amide bonds. The number of carboxylic acids is 1. The Kier molecular flexibility index (Phi) is 5.02. The Morgan fingerprint density at radius 3 is 2.68 bits per heavy atom. The minimum Gasteiger partial charge on any atom is -0.476 e. The van der Waals surface area contributed by atoms with Gasteiger partial charge in [0.05, 0.1) is 5.51 Å². The zero-order chi connectivity index (χ0) is 14.7. The molecule has 0 radical (unpaired) electrons. The number of carboxylic acid groups (broad SMARTS) is 1. The number of aromatic carboxylic acids is 1. The van der Waals surface area contributed by atoms with E-state index >= 15 is 0 Å². The van der Waals surface area contributed by atoms with Crippen LogP contribution < -0.4 is 4.72 Å². The predicted molar refractivity (Wildman–Crippen MR) is 69.8 cm³/mol. The lowest BCUT2D eigenvalue weighted by molar-refractivity contribution is 0.0687. The summed E-state index contributed by atoms with van der Waals surface area (Å²) in [6.07, 6.45) is 0.706. The van der Waals surface area contributed by atoms with E-state index in [9.17, 15) is 13.2 Å². The Bertz CT molecular complexity index is 554. The van der Waals surface area contributed by atoms with Gasteiger partial charge in [-0.15, -0.1) is 11.3 Å². The number of aliphatic hydroxyl groups excluding tert-OH is 1. The second kappa shape index (κ2) is 5.95. The van der Waals surface area contributed by atoms with Crippen molar-refractivity contribution in [3.63, 3.8) is 0 Å². The molecule has 0 saturated heterocycles. The van der Waals surface area contributed by atoms with E-state index < -0.39 is 27.2 Å². The van der Waals surface area contributed by atoms with Gasteiger partial charge in [0.25, 0.3) is 10.0 Å². The van der Waals surface area contributed by atoms with Gasteiger partial charge >= 0.3 is 5.97 Å². The third-order valence-corrected chi connectivity index (χ3v) is 5.81. The highest BCUT2D eigenvalue weighted by molar-refractivity contribution is 7.91. The van der Waals surface area contributed by atoms with Crippen LogP contribution in [0.1, 0.15) is 37.2 Å².